The molecule has 7 heteroatoms. The van der Waals surface area contributed by atoms with Crippen molar-refractivity contribution in [2.45, 2.75) is 19.0 Å². The highest BCUT2D eigenvalue weighted by Crippen LogP contribution is 2.29. The second-order valence-electron chi connectivity index (χ2n) is 3.78. The molecule has 0 aliphatic rings. The van der Waals surface area contributed by atoms with Gasteiger partial charge in [-0.2, -0.15) is 13.2 Å². The number of hydrogen-bond acceptors (Lipinski definition) is 4. The Morgan fingerprint density at radius 2 is 2.11 bits per heavy atom. The fourth-order valence-corrected chi connectivity index (χ4v) is 2.29. The first-order valence-corrected chi connectivity index (χ1v) is 6.30. The summed E-state index contributed by atoms with van der Waals surface area (Å²) in [5.74, 6) is 0. The molecule has 2 aromatic rings. The van der Waals surface area contributed by atoms with Gasteiger partial charge in [0.25, 0.3) is 0 Å². The highest BCUT2D eigenvalue weighted by atomic mass is 32.1. The smallest absolute Gasteiger partial charge is 0.303 e. The largest absolute Gasteiger partial charge is 0.433 e. The summed E-state index contributed by atoms with van der Waals surface area (Å²) in [4.78, 5) is 17.9. The van der Waals surface area contributed by atoms with Gasteiger partial charge in [-0.25, -0.2) is 4.98 Å². The van der Waals surface area contributed by atoms with Gasteiger partial charge in [-0.15, -0.1) is 11.3 Å². The van der Waals surface area contributed by atoms with Crippen molar-refractivity contribution in [3.05, 3.63) is 35.1 Å². The van der Waals surface area contributed by atoms with E-state index in [-0.39, 0.29) is 0 Å². The van der Waals surface area contributed by atoms with Gasteiger partial charge in [0.2, 0.25) is 0 Å². The highest BCUT2D eigenvalue weighted by Gasteiger charge is 2.32. The zero-order valence-electron chi connectivity index (χ0n) is 9.65. The van der Waals surface area contributed by atoms with E-state index in [1.807, 2.05) is 0 Å². The number of pyridine rings is 1. The first-order valence-electron chi connectivity index (χ1n) is 5.42. The lowest BCUT2D eigenvalue weighted by molar-refractivity contribution is -0.141. The van der Waals surface area contributed by atoms with Gasteiger partial charge in [0.15, 0.2) is 0 Å². The molecule has 2 heterocycles. The number of carbonyl (C=O) groups excluding carboxylic acids is 1. The van der Waals surface area contributed by atoms with Crippen LogP contribution in [0.2, 0.25) is 0 Å². The molecule has 0 bridgehead atoms. The van der Waals surface area contributed by atoms with Crippen LogP contribution in [0.1, 0.15) is 17.8 Å². The lowest BCUT2D eigenvalue weighted by atomic mass is 10.2. The van der Waals surface area contributed by atoms with Crippen LogP contribution in [0.4, 0.5) is 13.2 Å². The van der Waals surface area contributed by atoms with E-state index < -0.39 is 11.9 Å². The molecule has 0 aliphatic heterocycles. The molecular formula is C12H9F3N2OS. The summed E-state index contributed by atoms with van der Waals surface area (Å²) in [6.07, 6.45) is -1.55. The Morgan fingerprint density at radius 3 is 2.68 bits per heavy atom. The maximum atomic E-state index is 12.4. The van der Waals surface area contributed by atoms with Crippen molar-refractivity contribution >= 4 is 17.6 Å². The van der Waals surface area contributed by atoms with Crippen molar-refractivity contribution in [3.63, 3.8) is 0 Å². The molecule has 2 aromatic heterocycles. The molecule has 0 radical (unpaired) electrons. The second-order valence-corrected chi connectivity index (χ2v) is 4.64. The fourth-order valence-electron chi connectivity index (χ4n) is 1.45. The molecule has 100 valence electrons. The fraction of sp³-hybridized carbons (Fsp3) is 0.250. The summed E-state index contributed by atoms with van der Waals surface area (Å²) in [6, 6.07) is 2.28. The van der Waals surface area contributed by atoms with E-state index in [9.17, 15) is 18.0 Å². The number of aldehydes is 1. The first-order chi connectivity index (χ1) is 9.00. The Labute approximate surface area is 111 Å². The summed E-state index contributed by atoms with van der Waals surface area (Å²) in [5.41, 5.74) is 0.372. The number of aromatic nitrogens is 2. The number of rotatable bonds is 4. The zero-order chi connectivity index (χ0) is 13.9. The molecule has 0 spiro atoms. The molecule has 2 rings (SSSR count). The van der Waals surface area contributed by atoms with Gasteiger partial charge >= 0.3 is 6.18 Å². The van der Waals surface area contributed by atoms with Gasteiger partial charge in [-0.1, -0.05) is 0 Å². The van der Waals surface area contributed by atoms with Crippen molar-refractivity contribution in [2.75, 3.05) is 0 Å². The maximum Gasteiger partial charge on any atom is 0.433 e. The van der Waals surface area contributed by atoms with Crippen LogP contribution in [0.5, 0.6) is 0 Å². The molecule has 0 atom stereocenters. The first kappa shape index (κ1) is 13.7. The monoisotopic (exact) mass is 286 g/mol. The molecule has 0 unspecified atom stereocenters. The van der Waals surface area contributed by atoms with E-state index >= 15 is 0 Å². The minimum absolute atomic E-state index is 0.383. The van der Waals surface area contributed by atoms with Gasteiger partial charge in [0.05, 0.1) is 5.69 Å². The third-order valence-electron chi connectivity index (χ3n) is 2.37. The molecule has 0 N–H and O–H groups in total. The number of thiazole rings is 1. The molecule has 0 aromatic carbocycles. The summed E-state index contributed by atoms with van der Waals surface area (Å²) in [5, 5.41) is 2.39. The molecular weight excluding hydrogens is 277 g/mol. The minimum atomic E-state index is -4.43. The average molecular weight is 286 g/mol. The Balaban J connectivity index is 2.18. The van der Waals surface area contributed by atoms with Gasteiger partial charge in [0, 0.05) is 23.6 Å². The third kappa shape index (κ3) is 3.37. The van der Waals surface area contributed by atoms with Crippen LogP contribution in [0.25, 0.3) is 10.6 Å². The number of alkyl halides is 3. The Bertz CT molecular complexity index is 563. The van der Waals surface area contributed by atoms with Gasteiger partial charge in [-0.3, -0.25) is 4.98 Å². The minimum Gasteiger partial charge on any atom is -0.303 e. The van der Waals surface area contributed by atoms with Gasteiger partial charge in [0.1, 0.15) is 17.0 Å². The lowest BCUT2D eigenvalue weighted by Crippen LogP contribution is -2.07. The molecule has 0 saturated carbocycles. The molecule has 0 amide bonds. The summed E-state index contributed by atoms with van der Waals surface area (Å²) >= 11 is 1.32. The SMILES string of the molecule is O=CCCc1csc(-c2ccc(C(F)(F)F)nc2)n1. The normalized spacial score (nSPS) is 11.5. The molecule has 19 heavy (non-hydrogen) atoms. The zero-order valence-corrected chi connectivity index (χ0v) is 10.5. The van der Waals surface area contributed by atoms with Crippen molar-refractivity contribution in [1.82, 2.24) is 9.97 Å². The van der Waals surface area contributed by atoms with E-state index in [0.717, 1.165) is 24.2 Å². The lowest BCUT2D eigenvalue weighted by Gasteiger charge is -2.05. The standard InChI is InChI=1S/C12H9F3N2OS/c13-12(14,15)10-4-3-8(6-16-10)11-17-9(7-19-11)2-1-5-18/h3-7H,1-2H2. The average Bonchev–Trinajstić information content (AvgIpc) is 2.84. The number of carbonyl (C=O) groups is 1. The maximum absolute atomic E-state index is 12.4. The van der Waals surface area contributed by atoms with Gasteiger partial charge in [-0.05, 0) is 18.6 Å². The number of hydrogen-bond donors (Lipinski definition) is 0. The van der Waals surface area contributed by atoms with Crippen molar-refractivity contribution < 1.29 is 18.0 Å². The van der Waals surface area contributed by atoms with Crippen LogP contribution >= 0.6 is 11.3 Å². The molecule has 0 aliphatic carbocycles. The number of halogens is 3. The summed E-state index contributed by atoms with van der Waals surface area (Å²) in [7, 11) is 0. The van der Waals surface area contributed by atoms with E-state index in [1.165, 1.54) is 17.4 Å². The van der Waals surface area contributed by atoms with Crippen LogP contribution < -0.4 is 0 Å². The van der Waals surface area contributed by atoms with E-state index in [4.69, 9.17) is 0 Å². The predicted molar refractivity (Wildman–Crippen MR) is 64.7 cm³/mol. The summed E-state index contributed by atoms with van der Waals surface area (Å²) in [6.45, 7) is 0. The van der Waals surface area contributed by atoms with Gasteiger partial charge < -0.3 is 4.79 Å². The molecule has 3 nitrogen and oxygen atoms in total. The topological polar surface area (TPSA) is 42.9 Å². The van der Waals surface area contributed by atoms with Crippen LogP contribution in [-0.4, -0.2) is 16.3 Å². The molecule has 0 fully saturated rings. The van der Waals surface area contributed by atoms with Crippen LogP contribution in [0.15, 0.2) is 23.7 Å². The Kier molecular flexibility index (Phi) is 3.94. The number of nitrogens with zero attached hydrogens (tertiary/aromatic N) is 2. The van der Waals surface area contributed by atoms with Crippen LogP contribution in [0, 0.1) is 0 Å². The van der Waals surface area contributed by atoms with Crippen LogP contribution in [0.3, 0.4) is 0 Å². The van der Waals surface area contributed by atoms with E-state index in [0.29, 0.717) is 23.4 Å². The predicted octanol–water partition coefficient (Wildman–Crippen LogP) is 3.36. The van der Waals surface area contributed by atoms with E-state index in [1.54, 1.807) is 5.38 Å². The number of aryl methyl sites for hydroxylation is 1. The highest BCUT2D eigenvalue weighted by molar-refractivity contribution is 7.13. The second kappa shape index (κ2) is 5.48. The Morgan fingerprint density at radius 1 is 1.32 bits per heavy atom. The summed E-state index contributed by atoms with van der Waals surface area (Å²) < 4.78 is 37.1. The van der Waals surface area contributed by atoms with Crippen molar-refractivity contribution in [3.8, 4) is 10.6 Å². The molecule has 0 saturated heterocycles. The van der Waals surface area contributed by atoms with Crippen molar-refractivity contribution in [1.29, 1.82) is 0 Å². The van der Waals surface area contributed by atoms with E-state index in [2.05, 4.69) is 9.97 Å². The van der Waals surface area contributed by atoms with Crippen molar-refractivity contribution in [2.24, 2.45) is 0 Å². The van der Waals surface area contributed by atoms with Crippen LogP contribution in [-0.2, 0) is 17.4 Å². The third-order valence-corrected chi connectivity index (χ3v) is 3.31. The quantitative estimate of drug-likeness (QED) is 0.809. The Hall–Kier alpha value is -1.76.